The second kappa shape index (κ2) is 12.0. The average molecular weight is 527 g/mol. The SMILES string of the molecule is CCCCCCCCCCCC1=C(O)C(=O)C2=C(OC(N)=C(C#N)C2c2ccc(Br)cc2)C1=O. The third-order valence-corrected chi connectivity index (χ3v) is 6.91. The van der Waals surface area contributed by atoms with Gasteiger partial charge in [0.25, 0.3) is 0 Å². The van der Waals surface area contributed by atoms with Gasteiger partial charge in [-0.2, -0.15) is 5.26 Å². The lowest BCUT2D eigenvalue weighted by Crippen LogP contribution is -2.33. The summed E-state index contributed by atoms with van der Waals surface area (Å²) in [5.41, 5.74) is 6.66. The minimum atomic E-state index is -0.880. The number of hydrogen-bond donors (Lipinski definition) is 2. The van der Waals surface area contributed by atoms with Gasteiger partial charge in [0.1, 0.15) is 11.6 Å². The van der Waals surface area contributed by atoms with Crippen molar-refractivity contribution in [2.75, 3.05) is 0 Å². The van der Waals surface area contributed by atoms with Gasteiger partial charge in [0.2, 0.25) is 17.4 Å². The lowest BCUT2D eigenvalue weighted by atomic mass is 9.76. The van der Waals surface area contributed by atoms with Crippen molar-refractivity contribution < 1.29 is 19.4 Å². The van der Waals surface area contributed by atoms with E-state index in [2.05, 4.69) is 22.9 Å². The molecule has 1 unspecified atom stereocenters. The van der Waals surface area contributed by atoms with Crippen LogP contribution in [0.1, 0.15) is 82.6 Å². The third kappa shape index (κ3) is 5.61. The van der Waals surface area contributed by atoms with Crippen molar-refractivity contribution in [2.24, 2.45) is 5.73 Å². The number of carbonyl (C=O) groups is 2. The number of nitrogens with two attached hydrogens (primary N) is 1. The fourth-order valence-corrected chi connectivity index (χ4v) is 4.77. The predicted octanol–water partition coefficient (Wildman–Crippen LogP) is 6.40. The lowest BCUT2D eigenvalue weighted by Gasteiger charge is -2.30. The Morgan fingerprint density at radius 3 is 2.18 bits per heavy atom. The quantitative estimate of drug-likeness (QED) is 0.255. The van der Waals surface area contributed by atoms with Gasteiger partial charge < -0.3 is 15.6 Å². The number of nitrogens with zero attached hydrogens (tertiary/aromatic N) is 1. The summed E-state index contributed by atoms with van der Waals surface area (Å²) in [7, 11) is 0. The summed E-state index contributed by atoms with van der Waals surface area (Å²) in [4.78, 5) is 26.4. The van der Waals surface area contributed by atoms with Gasteiger partial charge in [-0.25, -0.2) is 0 Å². The number of Topliss-reactive ketones (excluding diaryl/α,β-unsaturated/α-hetero) is 2. The van der Waals surface area contributed by atoms with E-state index in [9.17, 15) is 20.0 Å². The van der Waals surface area contributed by atoms with E-state index in [0.717, 1.165) is 23.7 Å². The monoisotopic (exact) mass is 526 g/mol. The second-order valence-electron chi connectivity index (χ2n) is 8.78. The van der Waals surface area contributed by atoms with Crippen molar-refractivity contribution in [3.63, 3.8) is 0 Å². The van der Waals surface area contributed by atoms with Crippen molar-refractivity contribution in [1.82, 2.24) is 0 Å². The van der Waals surface area contributed by atoms with Crippen molar-refractivity contribution in [3.05, 3.63) is 68.4 Å². The number of benzene rings is 1. The first kappa shape index (κ1) is 25.8. The lowest BCUT2D eigenvalue weighted by molar-refractivity contribution is -0.120. The summed E-state index contributed by atoms with van der Waals surface area (Å²) >= 11 is 3.37. The second-order valence-corrected chi connectivity index (χ2v) is 9.70. The summed E-state index contributed by atoms with van der Waals surface area (Å²) in [5.74, 6) is -3.03. The molecular weight excluding hydrogens is 496 g/mol. The molecule has 0 aromatic heterocycles. The molecule has 180 valence electrons. The molecule has 1 atom stereocenters. The van der Waals surface area contributed by atoms with Crippen LogP contribution in [0.25, 0.3) is 0 Å². The standard InChI is InChI=1S/C27H31BrN2O4/c1-2-3-4-5-6-7-8-9-10-11-19-23(31)25(33)22-21(17-12-14-18(28)15-13-17)20(16-29)27(30)34-26(22)24(19)32/h12-15,21,31H,2-11,30H2,1H3. The highest BCUT2D eigenvalue weighted by Crippen LogP contribution is 2.44. The maximum atomic E-state index is 13.2. The number of halogens is 1. The van der Waals surface area contributed by atoms with Crippen LogP contribution < -0.4 is 5.73 Å². The number of ketones is 2. The van der Waals surface area contributed by atoms with Gasteiger partial charge in [0.05, 0.1) is 11.5 Å². The van der Waals surface area contributed by atoms with Gasteiger partial charge in [-0.3, -0.25) is 9.59 Å². The highest BCUT2D eigenvalue weighted by Gasteiger charge is 2.44. The van der Waals surface area contributed by atoms with Gasteiger partial charge in [-0.05, 0) is 30.5 Å². The van der Waals surface area contributed by atoms with Crippen LogP contribution in [0.2, 0.25) is 0 Å². The summed E-state index contributed by atoms with van der Waals surface area (Å²) in [5, 5.41) is 20.4. The maximum Gasteiger partial charge on any atom is 0.228 e. The van der Waals surface area contributed by atoms with Crippen molar-refractivity contribution in [1.29, 1.82) is 5.26 Å². The van der Waals surface area contributed by atoms with E-state index >= 15 is 0 Å². The van der Waals surface area contributed by atoms with Crippen LogP contribution in [-0.2, 0) is 14.3 Å². The molecule has 0 radical (unpaired) electrons. The zero-order valence-corrected chi connectivity index (χ0v) is 21.1. The molecule has 2 aliphatic rings. The number of allylic oxidation sites excluding steroid dienone is 3. The molecule has 1 aliphatic heterocycles. The fourth-order valence-electron chi connectivity index (χ4n) is 4.50. The van der Waals surface area contributed by atoms with Crippen LogP contribution in [0.5, 0.6) is 0 Å². The average Bonchev–Trinajstić information content (AvgIpc) is 2.83. The van der Waals surface area contributed by atoms with E-state index in [1.807, 2.05) is 6.07 Å². The first-order valence-corrected chi connectivity index (χ1v) is 12.8. The molecule has 1 heterocycles. The molecule has 0 amide bonds. The zero-order valence-electron chi connectivity index (χ0n) is 19.5. The molecule has 7 heteroatoms. The summed E-state index contributed by atoms with van der Waals surface area (Å²) in [6.45, 7) is 2.20. The van der Waals surface area contributed by atoms with Gasteiger partial charge in [-0.15, -0.1) is 0 Å². The minimum Gasteiger partial charge on any atom is -0.504 e. The Balaban J connectivity index is 1.73. The Morgan fingerprint density at radius 1 is 1.00 bits per heavy atom. The van der Waals surface area contributed by atoms with Crippen LogP contribution in [-0.4, -0.2) is 16.7 Å². The van der Waals surface area contributed by atoms with Gasteiger partial charge in [0, 0.05) is 10.0 Å². The number of aliphatic hydroxyl groups is 1. The van der Waals surface area contributed by atoms with E-state index in [4.69, 9.17) is 10.5 Å². The Hall–Kier alpha value is -2.85. The van der Waals surface area contributed by atoms with Crippen LogP contribution in [0, 0.1) is 11.3 Å². The number of carbonyl (C=O) groups excluding carboxylic acids is 2. The molecule has 0 fully saturated rings. The number of unbranched alkanes of at least 4 members (excludes halogenated alkanes) is 8. The molecule has 34 heavy (non-hydrogen) atoms. The molecule has 0 spiro atoms. The first-order valence-electron chi connectivity index (χ1n) is 12.0. The van der Waals surface area contributed by atoms with Crippen LogP contribution in [0.4, 0.5) is 0 Å². The maximum absolute atomic E-state index is 13.2. The molecule has 0 saturated carbocycles. The summed E-state index contributed by atoms with van der Waals surface area (Å²) in [6.07, 6.45) is 10.4. The van der Waals surface area contributed by atoms with Crippen LogP contribution in [0.15, 0.2) is 62.9 Å². The van der Waals surface area contributed by atoms with Crippen LogP contribution >= 0.6 is 15.9 Å². The van der Waals surface area contributed by atoms with Gasteiger partial charge in [0.15, 0.2) is 11.5 Å². The molecule has 0 bridgehead atoms. The highest BCUT2D eigenvalue weighted by molar-refractivity contribution is 9.10. The zero-order chi connectivity index (χ0) is 24.7. The van der Waals surface area contributed by atoms with Crippen molar-refractivity contribution in [2.45, 2.75) is 77.0 Å². The number of hydrogen-bond acceptors (Lipinski definition) is 6. The van der Waals surface area contributed by atoms with Gasteiger partial charge in [-0.1, -0.05) is 86.4 Å². The molecule has 1 aromatic carbocycles. The molecule has 0 saturated heterocycles. The Kier molecular flexibility index (Phi) is 9.12. The number of aliphatic hydroxyl groups excluding tert-OH is 1. The predicted molar refractivity (Wildman–Crippen MR) is 133 cm³/mol. The Labute approximate surface area is 209 Å². The molecule has 6 nitrogen and oxygen atoms in total. The minimum absolute atomic E-state index is 0.0357. The van der Waals surface area contributed by atoms with Gasteiger partial charge >= 0.3 is 0 Å². The number of rotatable bonds is 11. The Morgan fingerprint density at radius 2 is 1.59 bits per heavy atom. The van der Waals surface area contributed by atoms with Crippen molar-refractivity contribution >= 4 is 27.5 Å². The van der Waals surface area contributed by atoms with E-state index in [-0.39, 0.29) is 28.4 Å². The number of nitriles is 1. The van der Waals surface area contributed by atoms with E-state index in [1.165, 1.54) is 32.1 Å². The number of ether oxygens (including phenoxy) is 1. The largest absolute Gasteiger partial charge is 0.504 e. The van der Waals surface area contributed by atoms with Crippen molar-refractivity contribution in [3.8, 4) is 6.07 Å². The molecule has 3 rings (SSSR count). The normalized spacial score (nSPS) is 18.2. The Bertz CT molecular complexity index is 1080. The molecule has 3 N–H and O–H groups in total. The van der Waals surface area contributed by atoms with E-state index < -0.39 is 23.2 Å². The first-order chi connectivity index (χ1) is 16.4. The fraction of sp³-hybridized carbons (Fsp3) is 0.444. The summed E-state index contributed by atoms with van der Waals surface area (Å²) in [6, 6.07) is 9.04. The molecular formula is C27H31BrN2O4. The highest BCUT2D eigenvalue weighted by atomic mass is 79.9. The molecule has 1 aromatic rings. The van der Waals surface area contributed by atoms with E-state index in [1.54, 1.807) is 24.3 Å². The molecule has 1 aliphatic carbocycles. The van der Waals surface area contributed by atoms with Crippen LogP contribution in [0.3, 0.4) is 0 Å². The van der Waals surface area contributed by atoms with E-state index in [0.29, 0.717) is 18.4 Å². The topological polar surface area (TPSA) is 113 Å². The smallest absolute Gasteiger partial charge is 0.228 e. The third-order valence-electron chi connectivity index (χ3n) is 6.38. The summed E-state index contributed by atoms with van der Waals surface area (Å²) < 4.78 is 6.34.